The molecule has 6 radical (unpaired) electrons. The van der Waals surface area contributed by atoms with Crippen molar-refractivity contribution in [3.8, 4) is 0 Å². The third-order valence-electron chi connectivity index (χ3n) is 4.80. The molecule has 0 aliphatic carbocycles. The number of carbonyl (C=O) groups is 4. The first kappa shape index (κ1) is 205. The number of hydrogen-bond donors (Lipinski definition) is 4. The van der Waals surface area contributed by atoms with E-state index in [-0.39, 0.29) is 262 Å². The van der Waals surface area contributed by atoms with E-state index in [0.717, 1.165) is 104 Å². The van der Waals surface area contributed by atoms with Gasteiger partial charge in [0.05, 0.1) is 0 Å². The van der Waals surface area contributed by atoms with Crippen molar-refractivity contribution in [2.45, 2.75) is 55.4 Å². The van der Waals surface area contributed by atoms with Gasteiger partial charge in [0.1, 0.15) is 23.3 Å². The van der Waals surface area contributed by atoms with E-state index >= 15 is 0 Å². The van der Waals surface area contributed by atoms with Gasteiger partial charge in [-0.2, -0.15) is 42.7 Å². The maximum Gasteiger partial charge on any atom is 3.00 e. The molecular formula is C48H72Co2N6O29V6-30. The smallest absolute Gasteiger partial charge is 2.00 e. The molecule has 4 rings (SSSR count). The molecule has 0 saturated carbocycles. The summed E-state index contributed by atoms with van der Waals surface area (Å²) in [5, 5.41) is 110. The van der Waals surface area contributed by atoms with Gasteiger partial charge in [0.25, 0.3) is 0 Å². The van der Waals surface area contributed by atoms with E-state index in [4.69, 9.17) is 40.9 Å². The predicted molar refractivity (Wildman–Crippen MR) is 262 cm³/mol. The molecule has 43 heteroatoms. The van der Waals surface area contributed by atoms with Gasteiger partial charge in [0.2, 0.25) is 0 Å². The average molecular weight is 1620 g/mol. The number of nitrogens with zero attached hydrogens (tertiary/aromatic N) is 4. The normalized spacial score (nSPS) is 6.77. The number of hydrogen-bond acceptors (Lipinski definition) is 22. The summed E-state index contributed by atoms with van der Waals surface area (Å²) < 4.78 is 0. The van der Waals surface area contributed by atoms with Crippen LogP contribution in [0.2, 0.25) is 0 Å². The molecule has 4 aromatic heterocycles. The number of rotatable bonds is 8. The first-order valence-electron chi connectivity index (χ1n) is 19.4. The van der Waals surface area contributed by atoms with Crippen LogP contribution in [0.3, 0.4) is 0 Å². The molecule has 0 amide bonds. The van der Waals surface area contributed by atoms with Crippen LogP contribution in [0, 0.1) is 0 Å². The maximum absolute atomic E-state index is 9.98. The standard InChI is InChI=1S/2C10H9N3.4C5H8O2.2CH4O.6CH3O.2Co.13O.6V/c2*1-3-7-11-9(5-1)13-10-6-2-4-8-12-10;4*1-4(6)3-5(2)7;8*1-2;;;;;;;;;;;;;;;;;;;;;/h2*1-8H,(H,11,12,13);4*3,6H,1-2H3;2*2H,1H3;6*1H3;;;;;;;;;;;;;;;;;;;;;/q;;;;;;;;6*-1;2*+3;13*-2;;;;;;/p-4/b;;4*4-3-;;;;;;;;;;;;;;;;;;;;;;;;;;;;;. The molecule has 35 nitrogen and oxygen atoms in total. The number of anilines is 4. The topological polar surface area (TPSA) is 785 Å². The molecule has 4 aromatic rings. The first-order chi connectivity index (χ1) is 33.4. The second-order valence-electron chi connectivity index (χ2n) is 10.6. The third-order valence-corrected chi connectivity index (χ3v) is 4.80. The molecular weight excluding hydrogens is 1550 g/mol. The van der Waals surface area contributed by atoms with E-state index in [0.29, 0.717) is 0 Å². The van der Waals surface area contributed by atoms with E-state index in [2.05, 4.69) is 30.6 Å². The number of nitrogens with one attached hydrogen (secondary N) is 2. The number of aliphatic hydroxyl groups excluding tert-OH is 2. The Labute approximate surface area is 625 Å². The SMILES string of the molecule is CC(=O)/C=C(/C)[O-].CC(=O)/C=C(/C)[O-].CC(=O)/C=C(/C)[O-].CC(=O)/C=C(/C)[O-].CO.CO.C[O-].C[O-].C[O-].C[O-].C[O-].C[O-].[Co+3].[Co+3].[O-2].[O-2].[O-2].[O-2].[O-2].[O-2].[O-2].[O-2].[O-2].[O-2].[O-2].[O-2].[O-2].[V].[V].[V].[V].[V].[V].c1ccc(Nc2ccccn2)nc1.c1ccc(Nc2ccccn2)nc1. The average Bonchev–Trinajstić information content (AvgIpc) is 3.35. The minimum absolute atomic E-state index is 0. The Morgan fingerprint density at radius 1 is 0.297 bits per heavy atom. The van der Waals surface area contributed by atoms with E-state index in [1.54, 1.807) is 24.8 Å². The van der Waals surface area contributed by atoms with Crippen molar-refractivity contribution in [1.29, 1.82) is 0 Å². The molecule has 0 bridgehead atoms. The molecule has 0 atom stereocenters. The van der Waals surface area contributed by atoms with Crippen LogP contribution in [0.25, 0.3) is 0 Å². The molecule has 546 valence electrons. The minimum atomic E-state index is -0.187. The largest absolute Gasteiger partial charge is 3.00 e. The van der Waals surface area contributed by atoms with Crippen molar-refractivity contribution in [2.24, 2.45) is 0 Å². The fourth-order valence-corrected chi connectivity index (χ4v) is 3.15. The van der Waals surface area contributed by atoms with Gasteiger partial charge in [0, 0.05) is 150 Å². The van der Waals surface area contributed by atoms with E-state index < -0.39 is 0 Å². The number of carbonyl (C=O) groups excluding carboxylic acids is 4. The number of pyridine rings is 4. The molecule has 4 heterocycles. The van der Waals surface area contributed by atoms with Gasteiger partial charge >= 0.3 is 33.6 Å². The number of aliphatic hydroxyl groups is 2. The number of aromatic nitrogens is 4. The summed E-state index contributed by atoms with van der Waals surface area (Å²) >= 11 is 0. The van der Waals surface area contributed by atoms with Crippen LogP contribution in [-0.4, -0.2) is 110 Å². The van der Waals surface area contributed by atoms with Crippen molar-refractivity contribution >= 4 is 46.4 Å². The Bertz CT molecular complexity index is 1590. The molecule has 0 aliphatic rings. The number of ketones is 4. The van der Waals surface area contributed by atoms with Crippen molar-refractivity contribution in [3.63, 3.8) is 0 Å². The fraction of sp³-hybridized carbons (Fsp3) is 0.333. The maximum atomic E-state index is 9.98. The van der Waals surface area contributed by atoms with Crippen molar-refractivity contribution in [3.05, 3.63) is 145 Å². The number of allylic oxidation sites excluding steroid dienone is 8. The summed E-state index contributed by atoms with van der Waals surface area (Å²) in [6.07, 6.45) is 11.2. The van der Waals surface area contributed by atoms with Crippen LogP contribution in [0.4, 0.5) is 23.3 Å². The van der Waals surface area contributed by atoms with Crippen LogP contribution >= 0.6 is 0 Å². The fourth-order valence-electron chi connectivity index (χ4n) is 3.15. The Morgan fingerprint density at radius 2 is 0.407 bits per heavy atom. The molecule has 0 saturated heterocycles. The summed E-state index contributed by atoms with van der Waals surface area (Å²) in [7, 11) is 6.50. The van der Waals surface area contributed by atoms with Gasteiger partial charge in [-0.3, -0.25) is 19.2 Å². The Morgan fingerprint density at radius 3 is 0.462 bits per heavy atom. The van der Waals surface area contributed by atoms with Gasteiger partial charge in [-0.1, -0.05) is 52.0 Å². The zero-order chi connectivity index (χ0) is 57.3. The van der Waals surface area contributed by atoms with E-state index in [1.807, 2.05) is 72.8 Å². The van der Waals surface area contributed by atoms with Gasteiger partial charge < -0.3 is 143 Å². The van der Waals surface area contributed by atoms with Crippen molar-refractivity contribution in [2.75, 3.05) is 67.5 Å². The predicted octanol–water partition coefficient (Wildman–Crippen LogP) is -4.69. The third kappa shape index (κ3) is 224. The molecule has 0 unspecified atom stereocenters. The molecule has 0 fully saturated rings. The second kappa shape index (κ2) is 185. The Hall–Kier alpha value is -3.28. The van der Waals surface area contributed by atoms with Crippen LogP contribution in [0.1, 0.15) is 55.4 Å². The molecule has 0 aliphatic heterocycles. The van der Waals surface area contributed by atoms with E-state index in [9.17, 15) is 39.6 Å². The van der Waals surface area contributed by atoms with Gasteiger partial charge in [-0.25, -0.2) is 19.9 Å². The minimum Gasteiger partial charge on any atom is -2.00 e. The van der Waals surface area contributed by atoms with Crippen LogP contribution in [-0.2, 0) is 235 Å². The van der Waals surface area contributed by atoms with Crippen LogP contribution in [0.15, 0.2) is 145 Å². The first-order valence-corrected chi connectivity index (χ1v) is 19.4. The summed E-state index contributed by atoms with van der Waals surface area (Å²) in [4.78, 5) is 56.4. The summed E-state index contributed by atoms with van der Waals surface area (Å²) in [5.74, 6) is 1.73. The van der Waals surface area contributed by atoms with Crippen molar-refractivity contribution in [1.82, 2.24) is 19.9 Å². The van der Waals surface area contributed by atoms with Crippen molar-refractivity contribution < 1.29 is 297 Å². The molecule has 0 aromatic carbocycles. The zero-order valence-corrected chi connectivity index (χ0v) is 62.1. The molecule has 91 heavy (non-hydrogen) atoms. The summed E-state index contributed by atoms with van der Waals surface area (Å²) in [6, 6.07) is 22.8. The Kier molecular flexibility index (Phi) is 416. The Balaban J connectivity index is -0.0000000152. The molecule has 0 spiro atoms. The van der Waals surface area contributed by atoms with E-state index in [1.165, 1.54) is 55.4 Å². The van der Waals surface area contributed by atoms with Crippen LogP contribution in [0.5, 0.6) is 0 Å². The van der Waals surface area contributed by atoms with Gasteiger partial charge in [-0.05, 0) is 101 Å². The second-order valence-corrected chi connectivity index (χ2v) is 10.6. The van der Waals surface area contributed by atoms with Gasteiger partial charge in [-0.15, -0.1) is 23.0 Å². The van der Waals surface area contributed by atoms with Crippen LogP contribution < -0.4 is 61.7 Å². The quantitative estimate of drug-likeness (QED) is 0.0951. The zero-order valence-electron chi connectivity index (χ0n) is 51.6. The summed E-state index contributed by atoms with van der Waals surface area (Å²) in [6.45, 7) is 10.8. The monoisotopic (exact) mass is 1620 g/mol. The molecule has 4 N–H and O–H groups in total. The van der Waals surface area contributed by atoms with Gasteiger partial charge in [0.15, 0.2) is 23.1 Å². The summed E-state index contributed by atoms with van der Waals surface area (Å²) in [5.41, 5.74) is 0.